The zero-order valence-corrected chi connectivity index (χ0v) is 12.5. The highest BCUT2D eigenvalue weighted by molar-refractivity contribution is 6.31. The first-order valence-corrected chi connectivity index (χ1v) is 7.22. The molecule has 2 N–H and O–H groups in total. The lowest BCUT2D eigenvalue weighted by Gasteiger charge is -2.24. The van der Waals surface area contributed by atoms with Gasteiger partial charge in [-0.15, -0.1) is 0 Å². The van der Waals surface area contributed by atoms with Gasteiger partial charge in [-0.2, -0.15) is 0 Å². The van der Waals surface area contributed by atoms with Crippen molar-refractivity contribution in [2.75, 3.05) is 18.5 Å². The molecule has 2 nitrogen and oxygen atoms in total. The smallest absolute Gasteiger partial charge is 0.0459 e. The summed E-state index contributed by atoms with van der Waals surface area (Å²) in [5.41, 5.74) is 8.48. The van der Waals surface area contributed by atoms with Gasteiger partial charge in [0, 0.05) is 30.3 Å². The van der Waals surface area contributed by atoms with E-state index in [0.717, 1.165) is 24.4 Å². The number of hydrogen-bond acceptors (Lipinski definition) is 2. The SMILES string of the molecule is CCCCN(C)c1cccc(Cl)c1CC(N)CC. The highest BCUT2D eigenvalue weighted by atomic mass is 35.5. The summed E-state index contributed by atoms with van der Waals surface area (Å²) < 4.78 is 0. The molecule has 1 rings (SSSR count). The van der Waals surface area contributed by atoms with E-state index in [-0.39, 0.29) is 6.04 Å². The second-order valence-corrected chi connectivity index (χ2v) is 5.29. The molecule has 18 heavy (non-hydrogen) atoms. The van der Waals surface area contributed by atoms with E-state index < -0.39 is 0 Å². The Balaban J connectivity index is 2.92. The molecule has 0 bridgehead atoms. The first kappa shape index (κ1) is 15.3. The van der Waals surface area contributed by atoms with Crippen LogP contribution in [0.5, 0.6) is 0 Å². The van der Waals surface area contributed by atoms with E-state index in [1.54, 1.807) is 0 Å². The summed E-state index contributed by atoms with van der Waals surface area (Å²) in [5.74, 6) is 0. The van der Waals surface area contributed by atoms with Crippen molar-refractivity contribution >= 4 is 17.3 Å². The molecule has 0 aliphatic rings. The van der Waals surface area contributed by atoms with E-state index in [9.17, 15) is 0 Å². The maximum absolute atomic E-state index is 6.33. The zero-order chi connectivity index (χ0) is 13.5. The minimum Gasteiger partial charge on any atom is -0.374 e. The lowest BCUT2D eigenvalue weighted by Crippen LogP contribution is -2.25. The molecule has 1 aromatic carbocycles. The number of unbranched alkanes of at least 4 members (excludes halogenated alkanes) is 1. The standard InChI is InChI=1S/C15H25ClN2/c1-4-6-10-18(3)15-9-7-8-14(16)13(15)11-12(17)5-2/h7-9,12H,4-6,10-11,17H2,1-3H3. The number of benzene rings is 1. The monoisotopic (exact) mass is 268 g/mol. The van der Waals surface area contributed by atoms with Crippen molar-refractivity contribution < 1.29 is 0 Å². The number of anilines is 1. The van der Waals surface area contributed by atoms with Crippen LogP contribution in [0, 0.1) is 0 Å². The zero-order valence-electron chi connectivity index (χ0n) is 11.7. The molecule has 102 valence electrons. The van der Waals surface area contributed by atoms with Crippen LogP contribution >= 0.6 is 11.6 Å². The normalized spacial score (nSPS) is 12.5. The van der Waals surface area contributed by atoms with E-state index in [1.165, 1.54) is 24.1 Å². The fourth-order valence-corrected chi connectivity index (χ4v) is 2.28. The minimum atomic E-state index is 0.184. The van der Waals surface area contributed by atoms with E-state index in [0.29, 0.717) is 0 Å². The average molecular weight is 269 g/mol. The summed E-state index contributed by atoms with van der Waals surface area (Å²) in [6.45, 7) is 5.38. The van der Waals surface area contributed by atoms with Crippen LogP contribution in [0.25, 0.3) is 0 Å². The summed E-state index contributed by atoms with van der Waals surface area (Å²) in [6.07, 6.45) is 4.22. The summed E-state index contributed by atoms with van der Waals surface area (Å²) in [6, 6.07) is 6.29. The number of rotatable bonds is 7. The molecule has 3 heteroatoms. The third kappa shape index (κ3) is 4.18. The van der Waals surface area contributed by atoms with Crippen LogP contribution in [0.15, 0.2) is 18.2 Å². The van der Waals surface area contributed by atoms with Crippen LogP contribution in [0.1, 0.15) is 38.7 Å². The average Bonchev–Trinajstić information content (AvgIpc) is 2.38. The molecule has 1 atom stereocenters. The van der Waals surface area contributed by atoms with Crippen LogP contribution < -0.4 is 10.6 Å². The van der Waals surface area contributed by atoms with Gasteiger partial charge in [-0.25, -0.2) is 0 Å². The molecule has 0 saturated heterocycles. The van der Waals surface area contributed by atoms with Gasteiger partial charge in [0.05, 0.1) is 0 Å². The van der Waals surface area contributed by atoms with E-state index >= 15 is 0 Å². The largest absolute Gasteiger partial charge is 0.374 e. The maximum Gasteiger partial charge on any atom is 0.0459 e. The van der Waals surface area contributed by atoms with Crippen molar-refractivity contribution in [1.82, 2.24) is 0 Å². The maximum atomic E-state index is 6.33. The lowest BCUT2D eigenvalue weighted by atomic mass is 10.0. The van der Waals surface area contributed by atoms with Gasteiger partial charge in [0.15, 0.2) is 0 Å². The van der Waals surface area contributed by atoms with E-state index in [2.05, 4.69) is 31.9 Å². The van der Waals surface area contributed by atoms with Gasteiger partial charge in [-0.05, 0) is 37.0 Å². The van der Waals surface area contributed by atoms with Crippen molar-refractivity contribution in [3.05, 3.63) is 28.8 Å². The molecule has 0 heterocycles. The molecule has 0 aliphatic heterocycles. The van der Waals surface area contributed by atoms with Gasteiger partial charge in [-0.1, -0.05) is 37.9 Å². The Bertz CT molecular complexity index is 366. The molecule has 0 radical (unpaired) electrons. The molecular weight excluding hydrogens is 244 g/mol. The summed E-state index contributed by atoms with van der Waals surface area (Å²) >= 11 is 6.33. The van der Waals surface area contributed by atoms with Crippen molar-refractivity contribution in [1.29, 1.82) is 0 Å². The van der Waals surface area contributed by atoms with Gasteiger partial charge >= 0.3 is 0 Å². The second kappa shape index (κ2) is 7.65. The third-order valence-corrected chi connectivity index (χ3v) is 3.70. The van der Waals surface area contributed by atoms with Crippen LogP contribution in [-0.4, -0.2) is 19.6 Å². The molecule has 1 unspecified atom stereocenters. The Morgan fingerprint density at radius 1 is 1.33 bits per heavy atom. The molecule has 0 saturated carbocycles. The molecule has 0 aliphatic carbocycles. The Labute approximate surface area is 116 Å². The van der Waals surface area contributed by atoms with Crippen LogP contribution in [0.4, 0.5) is 5.69 Å². The number of nitrogens with zero attached hydrogens (tertiary/aromatic N) is 1. The Morgan fingerprint density at radius 2 is 2.06 bits per heavy atom. The molecule has 1 aromatic rings. The Hall–Kier alpha value is -0.730. The van der Waals surface area contributed by atoms with Crippen molar-refractivity contribution in [3.63, 3.8) is 0 Å². The van der Waals surface area contributed by atoms with Gasteiger partial charge in [0.1, 0.15) is 0 Å². The van der Waals surface area contributed by atoms with Crippen molar-refractivity contribution in [2.45, 2.75) is 45.6 Å². The minimum absolute atomic E-state index is 0.184. The first-order valence-electron chi connectivity index (χ1n) is 6.84. The first-order chi connectivity index (χ1) is 8.60. The molecule has 0 amide bonds. The fourth-order valence-electron chi connectivity index (χ4n) is 2.03. The Kier molecular flexibility index (Phi) is 6.51. The summed E-state index contributed by atoms with van der Waals surface area (Å²) in [4.78, 5) is 2.28. The summed E-state index contributed by atoms with van der Waals surface area (Å²) in [7, 11) is 2.13. The number of halogens is 1. The van der Waals surface area contributed by atoms with Crippen molar-refractivity contribution in [3.8, 4) is 0 Å². The van der Waals surface area contributed by atoms with Crippen LogP contribution in [0.2, 0.25) is 5.02 Å². The van der Waals surface area contributed by atoms with Gasteiger partial charge in [0.2, 0.25) is 0 Å². The van der Waals surface area contributed by atoms with Crippen LogP contribution in [-0.2, 0) is 6.42 Å². The molecule has 0 fully saturated rings. The highest BCUT2D eigenvalue weighted by Crippen LogP contribution is 2.28. The Morgan fingerprint density at radius 3 is 2.67 bits per heavy atom. The number of nitrogens with two attached hydrogens (primary N) is 1. The lowest BCUT2D eigenvalue weighted by molar-refractivity contribution is 0.644. The summed E-state index contributed by atoms with van der Waals surface area (Å²) in [5, 5.41) is 0.833. The predicted octanol–water partition coefficient (Wildman–Crippen LogP) is 3.86. The van der Waals surface area contributed by atoms with E-state index in [1.807, 2.05) is 12.1 Å². The van der Waals surface area contributed by atoms with Gasteiger partial charge < -0.3 is 10.6 Å². The van der Waals surface area contributed by atoms with Crippen LogP contribution in [0.3, 0.4) is 0 Å². The highest BCUT2D eigenvalue weighted by Gasteiger charge is 2.13. The van der Waals surface area contributed by atoms with Gasteiger partial charge in [0.25, 0.3) is 0 Å². The van der Waals surface area contributed by atoms with Gasteiger partial charge in [-0.3, -0.25) is 0 Å². The second-order valence-electron chi connectivity index (χ2n) is 4.89. The third-order valence-electron chi connectivity index (χ3n) is 3.34. The van der Waals surface area contributed by atoms with E-state index in [4.69, 9.17) is 17.3 Å². The predicted molar refractivity (Wildman–Crippen MR) is 81.6 cm³/mol. The quantitative estimate of drug-likeness (QED) is 0.814. The molecule has 0 aromatic heterocycles. The fraction of sp³-hybridized carbons (Fsp3) is 0.600. The topological polar surface area (TPSA) is 29.3 Å². The molecule has 0 spiro atoms. The van der Waals surface area contributed by atoms with Crippen molar-refractivity contribution in [2.24, 2.45) is 5.73 Å². The molecular formula is C15H25ClN2. The number of hydrogen-bond donors (Lipinski definition) is 1.